The van der Waals surface area contributed by atoms with Crippen molar-refractivity contribution < 1.29 is 9.47 Å². The first-order valence-electron chi connectivity index (χ1n) is 8.97. The minimum absolute atomic E-state index is 0.00219. The van der Waals surface area contributed by atoms with Crippen LogP contribution < -0.4 is 4.74 Å². The van der Waals surface area contributed by atoms with Crippen LogP contribution in [-0.2, 0) is 11.3 Å². The molecule has 1 saturated heterocycles. The van der Waals surface area contributed by atoms with Crippen LogP contribution in [-0.4, -0.2) is 29.7 Å². The second-order valence-corrected chi connectivity index (χ2v) is 6.68. The van der Waals surface area contributed by atoms with Crippen LogP contribution in [0.3, 0.4) is 0 Å². The molecule has 1 atom stereocenters. The highest BCUT2D eigenvalue weighted by atomic mass is 16.5. The minimum Gasteiger partial charge on any atom is -0.497 e. The quantitative estimate of drug-likeness (QED) is 0.687. The lowest BCUT2D eigenvalue weighted by Crippen LogP contribution is -2.23. The Balaban J connectivity index is 1.52. The Morgan fingerprint density at radius 2 is 1.88 bits per heavy atom. The molecule has 2 heterocycles. The Bertz CT molecular complexity index is 870. The van der Waals surface area contributed by atoms with Crippen LogP contribution in [0.1, 0.15) is 22.9 Å². The zero-order valence-corrected chi connectivity index (χ0v) is 15.3. The Labute approximate surface area is 154 Å². The van der Waals surface area contributed by atoms with Gasteiger partial charge in [-0.3, -0.25) is 4.90 Å². The molecule has 2 aromatic carbocycles. The van der Waals surface area contributed by atoms with Gasteiger partial charge in [-0.15, -0.1) is 0 Å². The Hall–Kier alpha value is -2.56. The van der Waals surface area contributed by atoms with Crippen molar-refractivity contribution in [3.8, 4) is 11.4 Å². The summed E-state index contributed by atoms with van der Waals surface area (Å²) in [5.41, 5.74) is 4.93. The van der Waals surface area contributed by atoms with E-state index in [0.29, 0.717) is 0 Å². The molecule has 4 heteroatoms. The van der Waals surface area contributed by atoms with Gasteiger partial charge in [0.1, 0.15) is 12.0 Å². The van der Waals surface area contributed by atoms with Gasteiger partial charge >= 0.3 is 0 Å². The van der Waals surface area contributed by atoms with E-state index in [9.17, 15) is 0 Å². The zero-order valence-electron chi connectivity index (χ0n) is 15.3. The Morgan fingerprint density at radius 3 is 2.65 bits per heavy atom. The molecule has 1 aromatic heterocycles. The van der Waals surface area contributed by atoms with Gasteiger partial charge in [0, 0.05) is 36.7 Å². The Morgan fingerprint density at radius 1 is 1.08 bits per heavy atom. The average Bonchev–Trinajstić information content (AvgIpc) is 3.32. The highest BCUT2D eigenvalue weighted by molar-refractivity contribution is 5.41. The fourth-order valence-electron chi connectivity index (χ4n) is 3.50. The number of hydrogen-bond acceptors (Lipinski definition) is 3. The van der Waals surface area contributed by atoms with Crippen LogP contribution in [0.15, 0.2) is 67.0 Å². The lowest BCUT2D eigenvalue weighted by atomic mass is 10.2. The van der Waals surface area contributed by atoms with E-state index >= 15 is 0 Å². The molecule has 3 aromatic rings. The zero-order chi connectivity index (χ0) is 17.9. The van der Waals surface area contributed by atoms with Crippen molar-refractivity contribution in [3.63, 3.8) is 0 Å². The summed E-state index contributed by atoms with van der Waals surface area (Å²) in [6.07, 6.45) is 4.30. The first-order valence-corrected chi connectivity index (χ1v) is 8.97. The van der Waals surface area contributed by atoms with Gasteiger partial charge in [0.15, 0.2) is 0 Å². The highest BCUT2D eigenvalue weighted by Gasteiger charge is 2.27. The van der Waals surface area contributed by atoms with E-state index in [0.717, 1.165) is 25.4 Å². The molecule has 1 aliphatic rings. The van der Waals surface area contributed by atoms with Crippen molar-refractivity contribution in [2.75, 3.05) is 20.3 Å². The third-order valence-electron chi connectivity index (χ3n) is 4.93. The van der Waals surface area contributed by atoms with Crippen LogP contribution in [0, 0.1) is 6.92 Å². The van der Waals surface area contributed by atoms with Gasteiger partial charge in [0.25, 0.3) is 0 Å². The van der Waals surface area contributed by atoms with Gasteiger partial charge in [-0.1, -0.05) is 30.3 Å². The monoisotopic (exact) mass is 348 g/mol. The van der Waals surface area contributed by atoms with Gasteiger partial charge in [0.2, 0.25) is 0 Å². The van der Waals surface area contributed by atoms with E-state index in [4.69, 9.17) is 9.47 Å². The molecule has 0 radical (unpaired) electrons. The first kappa shape index (κ1) is 16.9. The normalized spacial score (nSPS) is 17.5. The molecule has 0 N–H and O–H groups in total. The number of aromatic nitrogens is 1. The van der Waals surface area contributed by atoms with E-state index in [1.165, 1.54) is 22.4 Å². The van der Waals surface area contributed by atoms with Gasteiger partial charge in [-0.05, 0) is 42.3 Å². The second kappa shape index (κ2) is 7.36. The fourth-order valence-corrected chi connectivity index (χ4v) is 3.50. The molecule has 26 heavy (non-hydrogen) atoms. The molecule has 4 nitrogen and oxygen atoms in total. The predicted molar refractivity (Wildman–Crippen MR) is 103 cm³/mol. The molecule has 1 fully saturated rings. The molecule has 0 saturated carbocycles. The highest BCUT2D eigenvalue weighted by Crippen LogP contribution is 2.30. The molecule has 0 amide bonds. The summed E-state index contributed by atoms with van der Waals surface area (Å²) in [4.78, 5) is 2.37. The second-order valence-electron chi connectivity index (χ2n) is 6.68. The number of aryl methyl sites for hydroxylation is 1. The Kier molecular flexibility index (Phi) is 4.78. The summed E-state index contributed by atoms with van der Waals surface area (Å²) in [7, 11) is 1.69. The summed E-state index contributed by atoms with van der Waals surface area (Å²) in [5, 5.41) is 0. The van der Waals surface area contributed by atoms with E-state index in [-0.39, 0.29) is 6.23 Å². The fraction of sp³-hybridized carbons (Fsp3) is 0.273. The number of rotatable bonds is 5. The molecule has 4 rings (SSSR count). The molecular formula is C22H24N2O2. The smallest absolute Gasteiger partial charge is 0.138 e. The van der Waals surface area contributed by atoms with Crippen molar-refractivity contribution in [1.82, 2.24) is 9.47 Å². The van der Waals surface area contributed by atoms with E-state index in [2.05, 4.69) is 71.2 Å². The molecule has 0 spiro atoms. The number of ether oxygens (including phenoxy) is 2. The summed E-state index contributed by atoms with van der Waals surface area (Å²) in [5.74, 6) is 0.887. The van der Waals surface area contributed by atoms with E-state index in [1.54, 1.807) is 7.11 Å². The number of hydrogen-bond donors (Lipinski definition) is 0. The van der Waals surface area contributed by atoms with Gasteiger partial charge in [0.05, 0.1) is 13.7 Å². The van der Waals surface area contributed by atoms with Crippen molar-refractivity contribution in [3.05, 3.63) is 83.7 Å². The van der Waals surface area contributed by atoms with Gasteiger partial charge in [-0.25, -0.2) is 0 Å². The SMILES string of the molecule is COc1ccc(CN2CCO[C@@H]2c2ccn(-c3ccccc3C)c2)cc1. The molecule has 0 bridgehead atoms. The number of methoxy groups -OCH3 is 1. The minimum atomic E-state index is 0.00219. The summed E-state index contributed by atoms with van der Waals surface area (Å²) in [6, 6.07) is 18.8. The lowest BCUT2D eigenvalue weighted by molar-refractivity contribution is 0.0288. The average molecular weight is 348 g/mol. The number of benzene rings is 2. The predicted octanol–water partition coefficient (Wildman–Crippen LogP) is 4.33. The van der Waals surface area contributed by atoms with Gasteiger partial charge < -0.3 is 14.0 Å². The van der Waals surface area contributed by atoms with Crippen molar-refractivity contribution >= 4 is 0 Å². The third-order valence-corrected chi connectivity index (χ3v) is 4.93. The maximum atomic E-state index is 6.04. The lowest BCUT2D eigenvalue weighted by Gasteiger charge is -2.22. The standard InChI is InChI=1S/C22H24N2O2/c1-17-5-3-4-6-21(17)23-12-11-19(16-23)22-24(13-14-26-22)15-18-7-9-20(25-2)10-8-18/h3-12,16,22H,13-15H2,1-2H3/t22-/m1/s1. The summed E-state index contributed by atoms with van der Waals surface area (Å²) >= 11 is 0. The largest absolute Gasteiger partial charge is 0.497 e. The number of nitrogens with zero attached hydrogens (tertiary/aromatic N) is 2. The van der Waals surface area contributed by atoms with Crippen molar-refractivity contribution in [2.24, 2.45) is 0 Å². The van der Waals surface area contributed by atoms with Crippen LogP contribution in [0.25, 0.3) is 5.69 Å². The van der Waals surface area contributed by atoms with Gasteiger partial charge in [-0.2, -0.15) is 0 Å². The number of para-hydroxylation sites is 1. The topological polar surface area (TPSA) is 26.6 Å². The summed E-state index contributed by atoms with van der Waals surface area (Å²) < 4.78 is 13.5. The first-order chi connectivity index (χ1) is 12.7. The molecule has 0 aliphatic carbocycles. The summed E-state index contributed by atoms with van der Waals surface area (Å²) in [6.45, 7) is 4.70. The third kappa shape index (κ3) is 3.39. The van der Waals surface area contributed by atoms with Crippen molar-refractivity contribution in [1.29, 1.82) is 0 Å². The maximum absolute atomic E-state index is 6.04. The molecule has 0 unspecified atom stereocenters. The molecule has 1 aliphatic heterocycles. The maximum Gasteiger partial charge on any atom is 0.138 e. The van der Waals surface area contributed by atoms with E-state index in [1.807, 2.05) is 12.1 Å². The van der Waals surface area contributed by atoms with Crippen LogP contribution >= 0.6 is 0 Å². The van der Waals surface area contributed by atoms with E-state index < -0.39 is 0 Å². The van der Waals surface area contributed by atoms with Crippen molar-refractivity contribution in [2.45, 2.75) is 19.7 Å². The van der Waals surface area contributed by atoms with Crippen LogP contribution in [0.2, 0.25) is 0 Å². The molecular weight excluding hydrogens is 324 g/mol. The van der Waals surface area contributed by atoms with Crippen LogP contribution in [0.4, 0.5) is 0 Å². The van der Waals surface area contributed by atoms with Crippen LogP contribution in [0.5, 0.6) is 5.75 Å². The molecule has 134 valence electrons.